The Kier molecular flexibility index (Phi) is 4.73. The third kappa shape index (κ3) is 2.92. The number of hydrogen-bond donors (Lipinski definition) is 0. The molecule has 0 aromatic rings. The number of alkyl halides is 3. The summed E-state index contributed by atoms with van der Waals surface area (Å²) in [7, 11) is 0.941. The van der Waals surface area contributed by atoms with Gasteiger partial charge in [-0.2, -0.15) is 13.2 Å². The van der Waals surface area contributed by atoms with E-state index in [1.165, 1.54) is 0 Å². The van der Waals surface area contributed by atoms with Crippen LogP contribution in [0.1, 0.15) is 25.7 Å². The Labute approximate surface area is 120 Å². The lowest BCUT2D eigenvalue weighted by Gasteiger charge is -2.43. The van der Waals surface area contributed by atoms with Crippen LogP contribution in [0.3, 0.4) is 0 Å². The van der Waals surface area contributed by atoms with E-state index in [1.807, 2.05) is 21.2 Å². The lowest BCUT2D eigenvalue weighted by Crippen LogP contribution is -2.49. The lowest BCUT2D eigenvalue weighted by molar-refractivity contribution is -0.273. The molecule has 2 aliphatic rings. The number of halogens is 4. The maximum absolute atomic E-state index is 13.2. The van der Waals surface area contributed by atoms with Gasteiger partial charge in [-0.25, -0.2) is 0 Å². The van der Waals surface area contributed by atoms with E-state index in [9.17, 15) is 13.2 Å². The fourth-order valence-corrected chi connectivity index (χ4v) is 3.19. The minimum absolute atomic E-state index is 0.00625. The van der Waals surface area contributed by atoms with Crippen molar-refractivity contribution in [2.45, 2.75) is 37.6 Å². The van der Waals surface area contributed by atoms with Crippen molar-refractivity contribution < 1.29 is 26.8 Å². The first-order valence-electron chi connectivity index (χ1n) is 5.68. The van der Waals surface area contributed by atoms with E-state index in [-0.39, 0.29) is 32.3 Å². The summed E-state index contributed by atoms with van der Waals surface area (Å²) in [5.41, 5.74) is -1.76. The molecule has 0 aromatic carbocycles. The van der Waals surface area contributed by atoms with Crippen LogP contribution in [0.15, 0.2) is 0 Å². The first kappa shape index (κ1) is 15.1. The molecule has 0 radical (unpaired) electrons. The van der Waals surface area contributed by atoms with Crippen LogP contribution in [0.4, 0.5) is 13.2 Å². The average molecular weight is 398 g/mol. The Bertz CT molecular complexity index is 285. The van der Waals surface area contributed by atoms with Gasteiger partial charge in [-0.15, -0.1) is 0 Å². The van der Waals surface area contributed by atoms with E-state index >= 15 is 0 Å². The summed E-state index contributed by atoms with van der Waals surface area (Å²) in [5.74, 6) is -0.772. The highest BCUT2D eigenvalue weighted by atomic mass is 127. The molecule has 1 spiro atoms. The topological polar surface area (TPSA) is 27.7 Å². The van der Waals surface area contributed by atoms with Gasteiger partial charge in [-0.1, -0.05) is 0 Å². The minimum atomic E-state index is -4.25. The molecule has 3 nitrogen and oxygen atoms in total. The van der Waals surface area contributed by atoms with Gasteiger partial charge in [0.15, 0.2) is 5.79 Å². The monoisotopic (exact) mass is 398 g/mol. The SMILES string of the molecule is FC(F)(F)C1(COSI)CCC2(CC1)OCCO2. The predicted octanol–water partition coefficient (Wildman–Crippen LogP) is 3.87. The molecule has 0 aromatic heterocycles. The van der Waals surface area contributed by atoms with Gasteiger partial charge in [0.25, 0.3) is 0 Å². The Balaban J connectivity index is 2.05. The van der Waals surface area contributed by atoms with Gasteiger partial charge in [0, 0.05) is 34.0 Å². The molecule has 8 heteroatoms. The molecule has 0 N–H and O–H groups in total. The van der Waals surface area contributed by atoms with Crippen molar-refractivity contribution in [2.24, 2.45) is 5.41 Å². The standard InChI is InChI=1S/C10H14F3IO3S/c11-10(12,13)8(7-17-18-14)1-3-9(4-2-8)15-5-6-16-9/h1-7H2. The summed E-state index contributed by atoms with van der Waals surface area (Å²) < 4.78 is 55.5. The third-order valence-electron chi connectivity index (χ3n) is 3.76. The highest BCUT2D eigenvalue weighted by Crippen LogP contribution is 2.53. The highest BCUT2D eigenvalue weighted by Gasteiger charge is 2.59. The summed E-state index contributed by atoms with van der Waals surface area (Å²) in [4.78, 5) is 0. The predicted molar refractivity (Wildman–Crippen MR) is 69.2 cm³/mol. The molecule has 1 saturated carbocycles. The molecule has 1 aliphatic heterocycles. The molecule has 106 valence electrons. The fraction of sp³-hybridized carbons (Fsp3) is 1.00. The van der Waals surface area contributed by atoms with Gasteiger partial charge < -0.3 is 13.7 Å². The number of hydrogen-bond acceptors (Lipinski definition) is 4. The van der Waals surface area contributed by atoms with Crippen LogP contribution >= 0.6 is 30.4 Å². The first-order valence-corrected chi connectivity index (χ1v) is 8.96. The molecule has 0 amide bonds. The van der Waals surface area contributed by atoms with Crippen LogP contribution in [0.25, 0.3) is 0 Å². The summed E-state index contributed by atoms with van der Waals surface area (Å²) in [6.45, 7) is 0.637. The maximum Gasteiger partial charge on any atom is 0.396 e. The highest BCUT2D eigenvalue weighted by molar-refractivity contribution is 14.2. The second-order valence-corrected chi connectivity index (χ2v) is 6.15. The number of rotatable bonds is 3. The second-order valence-electron chi connectivity index (χ2n) is 4.71. The Morgan fingerprint density at radius 3 is 2.11 bits per heavy atom. The van der Waals surface area contributed by atoms with Crippen molar-refractivity contribution >= 4 is 30.4 Å². The lowest BCUT2D eigenvalue weighted by atomic mass is 9.72. The van der Waals surface area contributed by atoms with Crippen LogP contribution in [-0.4, -0.2) is 31.8 Å². The molecule has 0 unspecified atom stereocenters. The average Bonchev–Trinajstić information content (AvgIpc) is 2.76. The van der Waals surface area contributed by atoms with E-state index in [0.717, 1.165) is 9.21 Å². The van der Waals surface area contributed by atoms with Gasteiger partial charge in [-0.3, -0.25) is 0 Å². The molecule has 0 atom stereocenters. The molecule has 2 rings (SSSR count). The summed E-state index contributed by atoms with van der Waals surface area (Å²) in [6, 6.07) is 0. The molecular formula is C10H14F3IO3S. The second kappa shape index (κ2) is 5.63. The van der Waals surface area contributed by atoms with Crippen LogP contribution < -0.4 is 0 Å². The Morgan fingerprint density at radius 2 is 1.67 bits per heavy atom. The van der Waals surface area contributed by atoms with Crippen molar-refractivity contribution in [3.63, 3.8) is 0 Å². The van der Waals surface area contributed by atoms with Crippen molar-refractivity contribution in [2.75, 3.05) is 19.8 Å². The molecular weight excluding hydrogens is 384 g/mol. The normalized spacial score (nSPS) is 26.7. The summed E-state index contributed by atoms with van der Waals surface area (Å²) >= 11 is 1.83. The van der Waals surface area contributed by atoms with Crippen LogP contribution in [0.2, 0.25) is 0 Å². The third-order valence-corrected chi connectivity index (χ3v) is 4.73. The van der Waals surface area contributed by atoms with Gasteiger partial charge in [0.2, 0.25) is 0 Å². The van der Waals surface area contributed by atoms with Crippen molar-refractivity contribution in [3.8, 4) is 0 Å². The van der Waals surface area contributed by atoms with E-state index in [4.69, 9.17) is 13.7 Å². The zero-order chi connectivity index (χ0) is 13.3. The fourth-order valence-electron chi connectivity index (χ4n) is 2.54. The minimum Gasteiger partial charge on any atom is -0.348 e. The summed E-state index contributed by atoms with van der Waals surface area (Å²) in [6.07, 6.45) is -3.70. The Morgan fingerprint density at radius 1 is 1.11 bits per heavy atom. The Hall–Kier alpha value is 0.750. The van der Waals surface area contributed by atoms with E-state index in [1.54, 1.807) is 0 Å². The smallest absolute Gasteiger partial charge is 0.348 e. The molecule has 1 heterocycles. The van der Waals surface area contributed by atoms with Crippen molar-refractivity contribution in [3.05, 3.63) is 0 Å². The molecule has 18 heavy (non-hydrogen) atoms. The summed E-state index contributed by atoms with van der Waals surface area (Å²) in [5, 5.41) is 0. The van der Waals surface area contributed by atoms with Crippen LogP contribution in [0.5, 0.6) is 0 Å². The first-order chi connectivity index (χ1) is 8.43. The van der Waals surface area contributed by atoms with Gasteiger partial charge in [0.05, 0.1) is 34.4 Å². The van der Waals surface area contributed by atoms with Gasteiger partial charge >= 0.3 is 6.18 Å². The van der Waals surface area contributed by atoms with Crippen LogP contribution in [-0.2, 0) is 13.7 Å². The van der Waals surface area contributed by atoms with E-state index < -0.39 is 17.4 Å². The number of ether oxygens (including phenoxy) is 2. The molecule has 2 fully saturated rings. The van der Waals surface area contributed by atoms with Crippen molar-refractivity contribution in [1.82, 2.24) is 0 Å². The van der Waals surface area contributed by atoms with E-state index in [0.29, 0.717) is 13.2 Å². The quantitative estimate of drug-likeness (QED) is 0.533. The van der Waals surface area contributed by atoms with E-state index in [2.05, 4.69) is 0 Å². The molecule has 1 saturated heterocycles. The van der Waals surface area contributed by atoms with Gasteiger partial charge in [-0.05, 0) is 12.8 Å². The maximum atomic E-state index is 13.2. The zero-order valence-corrected chi connectivity index (χ0v) is 12.6. The molecule has 1 aliphatic carbocycles. The zero-order valence-electron chi connectivity index (χ0n) is 9.59. The molecule has 0 bridgehead atoms. The van der Waals surface area contributed by atoms with Crippen LogP contribution in [0, 0.1) is 5.41 Å². The largest absolute Gasteiger partial charge is 0.396 e. The van der Waals surface area contributed by atoms with Gasteiger partial charge in [0.1, 0.15) is 0 Å². The van der Waals surface area contributed by atoms with Crippen molar-refractivity contribution in [1.29, 1.82) is 0 Å².